The van der Waals surface area contributed by atoms with E-state index in [1.165, 1.54) is 5.57 Å². The summed E-state index contributed by atoms with van der Waals surface area (Å²) in [5.74, 6) is -0.392. The van der Waals surface area contributed by atoms with Crippen LogP contribution in [-0.4, -0.2) is 82.4 Å². The number of hydrogen-bond acceptors (Lipinski definition) is 10. The first kappa shape index (κ1) is 45.6. The largest absolute Gasteiger partial charge is 0.454 e. The van der Waals surface area contributed by atoms with Crippen LogP contribution in [0.15, 0.2) is 95.1 Å². The van der Waals surface area contributed by atoms with Gasteiger partial charge in [0, 0.05) is 18.3 Å². The maximum Gasteiger partial charge on any atom is 0.341 e. The van der Waals surface area contributed by atoms with Crippen LogP contribution in [0, 0.1) is 29.1 Å². The summed E-state index contributed by atoms with van der Waals surface area (Å²) in [6.07, 6.45) is -0.637. The summed E-state index contributed by atoms with van der Waals surface area (Å²) in [5, 5.41) is 36.1. The minimum absolute atomic E-state index is 0.0777. The van der Waals surface area contributed by atoms with Gasteiger partial charge in [0.1, 0.15) is 5.60 Å². The Kier molecular flexibility index (Phi) is 11.9. The fourth-order valence-electron chi connectivity index (χ4n) is 11.3. The van der Waals surface area contributed by atoms with E-state index in [-0.39, 0.29) is 24.2 Å². The Hall–Kier alpha value is -3.42. The molecule has 3 N–H and O–H groups in total. The molecule has 11 heteroatoms. The third-order valence-corrected chi connectivity index (χ3v) is 16.2. The standard InChI is InChI=1S/C26H36O5Si.C24H32O5/c1-16-13-20-17(2)14-21(29-15-19-11-9-8-10-12-19)26(28)23(22(20)18(16)3)30-24(27)25(26,4)31-32(5,6)7;1-14-11-17-19(15(14)2)20-24(27,22(3,4)21(25)29-20)18(12-23(17,5)26)28-13-16-9-7-6-8-10-16/h8-12,16,20-21,23,28H,2,13-15H2,1,3-7H3;6-10,14,17-18,20,26-27H,11-13H2,1-5H3/t16-,20-,21-,23+,25-,26-;14-,17+,18-,20+,23+,24-/m11/s1. The molecule has 4 fully saturated rings. The number of rotatable bonds is 8. The van der Waals surface area contributed by atoms with Gasteiger partial charge in [-0.05, 0) is 115 Å². The van der Waals surface area contributed by atoms with Crippen molar-refractivity contribution in [2.45, 2.75) is 161 Å². The van der Waals surface area contributed by atoms with Crippen molar-refractivity contribution >= 4 is 20.3 Å². The minimum atomic E-state index is -2.23. The first-order chi connectivity index (χ1) is 28.4. The van der Waals surface area contributed by atoms with Gasteiger partial charge in [0.05, 0.1) is 36.4 Å². The molecule has 8 rings (SSSR count). The molecule has 0 spiro atoms. The number of carbonyl (C=O) groups is 2. The Morgan fingerprint density at radius 3 is 1.77 bits per heavy atom. The fraction of sp³-hybridized carbons (Fsp3) is 0.600. The first-order valence-corrected chi connectivity index (χ1v) is 25.5. The Morgan fingerprint density at radius 2 is 1.21 bits per heavy atom. The molecule has 2 aliphatic heterocycles. The number of carbonyl (C=O) groups excluding carboxylic acids is 2. The molecule has 0 aromatic heterocycles. The van der Waals surface area contributed by atoms with Crippen LogP contribution in [0.1, 0.15) is 92.2 Å². The Labute approximate surface area is 363 Å². The molecular formula is C50H68O10Si. The van der Waals surface area contributed by atoms with Gasteiger partial charge in [0.2, 0.25) is 0 Å². The number of aliphatic hydroxyl groups is 3. The maximum absolute atomic E-state index is 13.4. The van der Waals surface area contributed by atoms with Gasteiger partial charge in [-0.15, -0.1) is 0 Å². The Bertz CT molecular complexity index is 2090. The number of allylic oxidation sites excluding steroid dienone is 2. The van der Waals surface area contributed by atoms with E-state index in [2.05, 4.69) is 27.4 Å². The highest BCUT2D eigenvalue weighted by atomic mass is 28.4. The molecule has 332 valence electrons. The monoisotopic (exact) mass is 856 g/mol. The van der Waals surface area contributed by atoms with Crippen molar-refractivity contribution in [1.82, 2.24) is 0 Å². The van der Waals surface area contributed by atoms with Crippen LogP contribution in [0.25, 0.3) is 0 Å². The van der Waals surface area contributed by atoms with Crippen LogP contribution in [0.5, 0.6) is 0 Å². The van der Waals surface area contributed by atoms with Crippen molar-refractivity contribution in [3.05, 3.63) is 106 Å². The molecule has 2 aromatic rings. The van der Waals surface area contributed by atoms with E-state index in [9.17, 15) is 24.9 Å². The highest BCUT2D eigenvalue weighted by Crippen LogP contribution is 2.59. The summed E-state index contributed by atoms with van der Waals surface area (Å²) < 4.78 is 30.9. The summed E-state index contributed by atoms with van der Waals surface area (Å²) in [6.45, 7) is 26.4. The quantitative estimate of drug-likeness (QED) is 0.135. The minimum Gasteiger partial charge on any atom is -0.454 e. The molecule has 0 unspecified atom stereocenters. The fourth-order valence-corrected chi connectivity index (χ4v) is 12.7. The van der Waals surface area contributed by atoms with Crippen LogP contribution in [0.4, 0.5) is 0 Å². The smallest absolute Gasteiger partial charge is 0.341 e. The van der Waals surface area contributed by atoms with E-state index in [0.717, 1.165) is 46.3 Å². The summed E-state index contributed by atoms with van der Waals surface area (Å²) in [6, 6.07) is 19.6. The van der Waals surface area contributed by atoms with Gasteiger partial charge < -0.3 is 38.7 Å². The van der Waals surface area contributed by atoms with E-state index in [1.807, 2.05) is 94.2 Å². The molecule has 4 aliphatic carbocycles. The van der Waals surface area contributed by atoms with Crippen molar-refractivity contribution in [2.24, 2.45) is 29.1 Å². The number of fused-ring (bicyclic) bond motifs is 6. The highest BCUT2D eigenvalue weighted by molar-refractivity contribution is 6.70. The van der Waals surface area contributed by atoms with Crippen molar-refractivity contribution in [3.8, 4) is 0 Å². The van der Waals surface area contributed by atoms with Gasteiger partial charge in [-0.3, -0.25) is 4.79 Å². The average molecular weight is 857 g/mol. The summed E-state index contributed by atoms with van der Waals surface area (Å²) in [7, 11) is -2.23. The number of benzene rings is 2. The van der Waals surface area contributed by atoms with Gasteiger partial charge in [0.15, 0.2) is 31.7 Å². The second-order valence-corrected chi connectivity index (χ2v) is 25.2. The second-order valence-electron chi connectivity index (χ2n) is 20.7. The van der Waals surface area contributed by atoms with Gasteiger partial charge in [-0.25, -0.2) is 4.79 Å². The van der Waals surface area contributed by atoms with E-state index < -0.39 is 72.5 Å². The van der Waals surface area contributed by atoms with Crippen LogP contribution < -0.4 is 0 Å². The van der Waals surface area contributed by atoms with Crippen molar-refractivity contribution in [1.29, 1.82) is 0 Å². The lowest BCUT2D eigenvalue weighted by atomic mass is 9.68. The molecule has 0 amide bonds. The zero-order valence-corrected chi connectivity index (χ0v) is 39.0. The molecule has 2 saturated heterocycles. The highest BCUT2D eigenvalue weighted by Gasteiger charge is 2.74. The SMILES string of the molecule is C=C1C[C@@H](OCc2ccccc2)[C@@]2(O)[C@@H](OC(=O)[C@@]2(C)O[Si](C)(C)C)C2=C(C)[C@H](C)C[C@H]12.CC1=C2[C@@H]3OC(=O)C(C)(C)[C@@]3(O)[C@H](OCc3ccccc3)C[C@](C)(O)[C@H]2C[C@H]1C. The summed E-state index contributed by atoms with van der Waals surface area (Å²) >= 11 is 0. The van der Waals surface area contributed by atoms with E-state index in [0.29, 0.717) is 25.6 Å². The van der Waals surface area contributed by atoms with Crippen molar-refractivity contribution in [2.75, 3.05) is 0 Å². The molecule has 12 atom stereocenters. The molecule has 61 heavy (non-hydrogen) atoms. The first-order valence-electron chi connectivity index (χ1n) is 22.1. The zero-order chi connectivity index (χ0) is 44.7. The normalized spacial score (nSPS) is 39.0. The third-order valence-electron chi connectivity index (χ3n) is 15.2. The molecule has 2 heterocycles. The lowest BCUT2D eigenvalue weighted by Crippen LogP contribution is -2.66. The lowest BCUT2D eigenvalue weighted by Gasteiger charge is -2.44. The summed E-state index contributed by atoms with van der Waals surface area (Å²) in [5.41, 5.74) is 0.217. The second kappa shape index (κ2) is 16.0. The van der Waals surface area contributed by atoms with E-state index in [4.69, 9.17) is 23.4 Å². The van der Waals surface area contributed by atoms with Crippen molar-refractivity contribution < 1.29 is 48.3 Å². The molecule has 0 bridgehead atoms. The molecule has 10 nitrogen and oxygen atoms in total. The average Bonchev–Trinajstić information content (AvgIpc) is 3.75. The number of hydrogen-bond donors (Lipinski definition) is 3. The molecule has 0 radical (unpaired) electrons. The lowest BCUT2D eigenvalue weighted by molar-refractivity contribution is -0.192. The van der Waals surface area contributed by atoms with Gasteiger partial charge in [-0.2, -0.15) is 0 Å². The predicted octanol–water partition coefficient (Wildman–Crippen LogP) is 8.15. The van der Waals surface area contributed by atoms with E-state index in [1.54, 1.807) is 20.8 Å². The van der Waals surface area contributed by atoms with Gasteiger partial charge in [-0.1, -0.05) is 97.8 Å². The molecular weight excluding hydrogens is 789 g/mol. The van der Waals surface area contributed by atoms with Crippen molar-refractivity contribution in [3.63, 3.8) is 0 Å². The van der Waals surface area contributed by atoms with Gasteiger partial charge >= 0.3 is 11.9 Å². The number of esters is 2. The summed E-state index contributed by atoms with van der Waals surface area (Å²) in [4.78, 5) is 26.2. The zero-order valence-electron chi connectivity index (χ0n) is 38.0. The van der Waals surface area contributed by atoms with Crippen LogP contribution >= 0.6 is 0 Å². The predicted molar refractivity (Wildman–Crippen MR) is 235 cm³/mol. The molecule has 6 aliphatic rings. The Morgan fingerprint density at radius 1 is 0.721 bits per heavy atom. The maximum atomic E-state index is 13.4. The molecule has 2 aromatic carbocycles. The third kappa shape index (κ3) is 7.53. The van der Waals surface area contributed by atoms with Crippen LogP contribution in [-0.2, 0) is 46.2 Å². The Balaban J connectivity index is 0.000000185. The van der Waals surface area contributed by atoms with Crippen LogP contribution in [0.3, 0.4) is 0 Å². The van der Waals surface area contributed by atoms with Crippen LogP contribution in [0.2, 0.25) is 19.6 Å². The number of ether oxygens (including phenoxy) is 4. The van der Waals surface area contributed by atoms with E-state index >= 15 is 0 Å². The molecule has 2 saturated carbocycles. The van der Waals surface area contributed by atoms with Gasteiger partial charge in [0.25, 0.3) is 0 Å². The topological polar surface area (TPSA) is 141 Å².